The van der Waals surface area contributed by atoms with Crippen LogP contribution in [-0.4, -0.2) is 43.1 Å². The molecule has 0 spiro atoms. The number of ether oxygens (including phenoxy) is 1. The Kier molecular flexibility index (Phi) is 2.86. The van der Waals surface area contributed by atoms with Gasteiger partial charge in [0.1, 0.15) is 18.1 Å². The third-order valence-corrected chi connectivity index (χ3v) is 5.46. The minimum absolute atomic E-state index is 0.306. The Morgan fingerprint density at radius 3 is 2.81 bits per heavy atom. The summed E-state index contributed by atoms with van der Waals surface area (Å²) in [7, 11) is 1.66. The van der Waals surface area contributed by atoms with Gasteiger partial charge in [-0.15, -0.1) is 10.2 Å². The smallest absolute Gasteiger partial charge is 0.296 e. The summed E-state index contributed by atoms with van der Waals surface area (Å²) in [6.45, 7) is 0.521. The topological polar surface area (TPSA) is 85.3 Å². The summed E-state index contributed by atoms with van der Waals surface area (Å²) in [5.74, 6) is 2.88. The van der Waals surface area contributed by atoms with Crippen LogP contribution in [0.1, 0.15) is 18.7 Å². The van der Waals surface area contributed by atoms with Crippen molar-refractivity contribution in [3.63, 3.8) is 0 Å². The Hall–Kier alpha value is -2.91. The number of benzene rings is 1. The van der Waals surface area contributed by atoms with Gasteiger partial charge in [0.05, 0.1) is 11.9 Å². The standard InChI is InChI=1S/C17H14ClN7O2/c1-26-17(6-7-17)16-19-15(27-22-16)14-21-20-13-10-4-2-3-5-11(10)24-9-23(18)8-12(24)25(13)14/h2-5,8H,6-7,9H2,1H3. The van der Waals surface area contributed by atoms with Gasteiger partial charge in [-0.05, 0) is 25.0 Å². The number of hydrogen-bond donors (Lipinski definition) is 0. The molecule has 1 aliphatic carbocycles. The fraction of sp³-hybridized carbons (Fsp3) is 0.294. The first kappa shape index (κ1) is 15.2. The number of aromatic nitrogens is 5. The molecule has 1 fully saturated rings. The van der Waals surface area contributed by atoms with E-state index in [1.807, 2.05) is 35.0 Å². The van der Waals surface area contributed by atoms with Gasteiger partial charge in [0.15, 0.2) is 5.82 Å². The first-order chi connectivity index (χ1) is 13.2. The first-order valence-corrected chi connectivity index (χ1v) is 8.91. The molecule has 0 bridgehead atoms. The zero-order valence-corrected chi connectivity index (χ0v) is 15.1. The van der Waals surface area contributed by atoms with Gasteiger partial charge in [-0.2, -0.15) is 4.98 Å². The predicted octanol–water partition coefficient (Wildman–Crippen LogP) is 2.63. The van der Waals surface area contributed by atoms with Crippen molar-refractivity contribution in [2.24, 2.45) is 0 Å². The van der Waals surface area contributed by atoms with Crippen LogP contribution in [0.15, 0.2) is 35.0 Å². The Bertz CT molecular complexity index is 1100. The number of nitrogens with zero attached hydrogens (tertiary/aromatic N) is 7. The van der Waals surface area contributed by atoms with E-state index in [-0.39, 0.29) is 0 Å². The number of anilines is 1. The second-order valence-electron chi connectivity index (χ2n) is 6.78. The minimum atomic E-state index is -0.426. The lowest BCUT2D eigenvalue weighted by Crippen LogP contribution is -2.28. The molecular formula is C17H14ClN7O2. The molecule has 1 saturated carbocycles. The molecule has 10 heteroatoms. The van der Waals surface area contributed by atoms with Crippen LogP contribution in [0.3, 0.4) is 0 Å². The molecule has 3 aromatic rings. The lowest BCUT2D eigenvalue weighted by atomic mass is 10.1. The lowest BCUT2D eigenvalue weighted by Gasteiger charge is -2.29. The first-order valence-electron chi connectivity index (χ1n) is 8.57. The van der Waals surface area contributed by atoms with Crippen LogP contribution in [0.4, 0.5) is 5.69 Å². The summed E-state index contributed by atoms with van der Waals surface area (Å²) >= 11 is 6.27. The molecule has 2 aliphatic heterocycles. The average Bonchev–Trinajstić information content (AvgIpc) is 3.03. The summed E-state index contributed by atoms with van der Waals surface area (Å²) in [4.78, 5) is 6.63. The lowest BCUT2D eigenvalue weighted by molar-refractivity contribution is 0.0689. The average molecular weight is 384 g/mol. The molecule has 27 heavy (non-hydrogen) atoms. The normalized spacial score (nSPS) is 18.8. The van der Waals surface area contributed by atoms with Crippen LogP contribution in [-0.2, 0) is 10.3 Å². The summed E-state index contributed by atoms with van der Waals surface area (Å²) in [5, 5.41) is 12.8. The largest absolute Gasteiger partial charge is 0.370 e. The number of halogens is 1. The fourth-order valence-electron chi connectivity index (χ4n) is 3.67. The van der Waals surface area contributed by atoms with Gasteiger partial charge in [0, 0.05) is 24.4 Å². The van der Waals surface area contributed by atoms with Crippen LogP contribution < -0.4 is 4.90 Å². The summed E-state index contributed by atoms with van der Waals surface area (Å²) < 4.78 is 14.5. The molecular weight excluding hydrogens is 370 g/mol. The van der Waals surface area contributed by atoms with Crippen molar-refractivity contribution in [1.29, 1.82) is 0 Å². The van der Waals surface area contributed by atoms with Gasteiger partial charge >= 0.3 is 0 Å². The van der Waals surface area contributed by atoms with Crippen molar-refractivity contribution in [1.82, 2.24) is 29.3 Å². The SMILES string of the molecule is COC1(c2noc(-c3nnc4n3C3=CN(Cl)CN3c3ccccc3-4)n2)CC1. The predicted molar refractivity (Wildman–Crippen MR) is 96.0 cm³/mol. The zero-order valence-electron chi connectivity index (χ0n) is 14.3. The Balaban J connectivity index is 1.54. The van der Waals surface area contributed by atoms with E-state index in [1.54, 1.807) is 11.5 Å². The summed E-state index contributed by atoms with van der Waals surface area (Å²) in [6, 6.07) is 8.01. The van der Waals surface area contributed by atoms with Crippen LogP contribution >= 0.6 is 11.8 Å². The van der Waals surface area contributed by atoms with Gasteiger partial charge in [-0.1, -0.05) is 17.3 Å². The molecule has 1 aromatic carbocycles. The Morgan fingerprint density at radius 2 is 2.00 bits per heavy atom. The Morgan fingerprint density at radius 1 is 1.19 bits per heavy atom. The third kappa shape index (κ3) is 1.98. The fourth-order valence-corrected chi connectivity index (χ4v) is 3.86. The van der Waals surface area contributed by atoms with Crippen molar-refractivity contribution in [2.75, 3.05) is 18.7 Å². The molecule has 9 nitrogen and oxygen atoms in total. The highest BCUT2D eigenvalue weighted by molar-refractivity contribution is 6.15. The van der Waals surface area contributed by atoms with Crippen molar-refractivity contribution in [3.8, 4) is 23.1 Å². The van der Waals surface area contributed by atoms with Crippen molar-refractivity contribution in [3.05, 3.63) is 36.3 Å². The van der Waals surface area contributed by atoms with Gasteiger partial charge in [0.2, 0.25) is 11.6 Å². The van der Waals surface area contributed by atoms with Gasteiger partial charge in [-0.3, -0.25) is 8.99 Å². The molecule has 0 radical (unpaired) electrons. The van der Waals surface area contributed by atoms with E-state index in [4.69, 9.17) is 21.0 Å². The van der Waals surface area contributed by atoms with Gasteiger partial charge < -0.3 is 14.2 Å². The molecule has 6 rings (SSSR count). The number of methoxy groups -OCH3 is 1. The number of para-hydroxylation sites is 1. The highest BCUT2D eigenvalue weighted by Crippen LogP contribution is 2.48. The molecule has 2 aromatic heterocycles. The van der Waals surface area contributed by atoms with Crippen LogP contribution in [0.2, 0.25) is 0 Å². The molecule has 0 amide bonds. The summed E-state index contributed by atoms with van der Waals surface area (Å²) in [6.07, 6.45) is 3.60. The van der Waals surface area contributed by atoms with Crippen LogP contribution in [0.5, 0.6) is 0 Å². The van der Waals surface area contributed by atoms with Gasteiger partial charge in [0.25, 0.3) is 5.89 Å². The monoisotopic (exact) mass is 383 g/mol. The van der Waals surface area contributed by atoms with Crippen molar-refractivity contribution < 1.29 is 9.26 Å². The number of fused-ring (bicyclic) bond motifs is 6. The molecule has 136 valence electrons. The van der Waals surface area contributed by atoms with E-state index in [0.29, 0.717) is 30.0 Å². The maximum atomic E-state index is 6.27. The molecule has 0 atom stereocenters. The molecule has 0 saturated heterocycles. The van der Waals surface area contributed by atoms with E-state index in [9.17, 15) is 0 Å². The van der Waals surface area contributed by atoms with Crippen LogP contribution in [0.25, 0.3) is 28.9 Å². The highest BCUT2D eigenvalue weighted by atomic mass is 35.5. The molecule has 4 heterocycles. The summed E-state index contributed by atoms with van der Waals surface area (Å²) in [5.41, 5.74) is 1.57. The van der Waals surface area contributed by atoms with E-state index in [0.717, 1.165) is 29.9 Å². The highest BCUT2D eigenvalue weighted by Gasteiger charge is 2.49. The zero-order chi connectivity index (χ0) is 18.2. The maximum Gasteiger partial charge on any atom is 0.296 e. The van der Waals surface area contributed by atoms with E-state index < -0.39 is 5.60 Å². The van der Waals surface area contributed by atoms with Gasteiger partial charge in [-0.25, -0.2) is 0 Å². The number of hydrogen-bond acceptors (Lipinski definition) is 8. The minimum Gasteiger partial charge on any atom is -0.370 e. The van der Waals surface area contributed by atoms with E-state index in [1.165, 1.54) is 0 Å². The number of rotatable bonds is 3. The van der Waals surface area contributed by atoms with Crippen LogP contribution in [0, 0.1) is 0 Å². The molecule has 3 aliphatic rings. The molecule has 0 N–H and O–H groups in total. The molecule has 0 unspecified atom stereocenters. The Labute approximate surface area is 158 Å². The maximum absolute atomic E-state index is 6.27. The quantitative estimate of drug-likeness (QED) is 0.638. The second kappa shape index (κ2) is 5.08. The third-order valence-electron chi connectivity index (χ3n) is 5.26. The van der Waals surface area contributed by atoms with E-state index in [2.05, 4.69) is 25.2 Å². The van der Waals surface area contributed by atoms with E-state index >= 15 is 0 Å². The second-order valence-corrected chi connectivity index (χ2v) is 7.21. The van der Waals surface area contributed by atoms with Crippen molar-refractivity contribution in [2.45, 2.75) is 18.4 Å². The van der Waals surface area contributed by atoms with Crippen molar-refractivity contribution >= 4 is 23.3 Å².